The van der Waals surface area contributed by atoms with E-state index in [0.717, 1.165) is 23.9 Å². The predicted octanol–water partition coefficient (Wildman–Crippen LogP) is 2.46. The van der Waals surface area contributed by atoms with Crippen LogP contribution < -0.4 is 10.6 Å². The number of aromatic nitrogens is 1. The van der Waals surface area contributed by atoms with E-state index >= 15 is 0 Å². The van der Waals surface area contributed by atoms with Gasteiger partial charge in [0, 0.05) is 6.54 Å². The fourth-order valence-electron chi connectivity index (χ4n) is 2.37. The summed E-state index contributed by atoms with van der Waals surface area (Å²) in [4.78, 5) is 29.0. The Labute approximate surface area is 154 Å². The summed E-state index contributed by atoms with van der Waals surface area (Å²) in [6.45, 7) is 0.189. The van der Waals surface area contributed by atoms with Gasteiger partial charge in [0.05, 0.1) is 17.9 Å². The van der Waals surface area contributed by atoms with Crippen molar-refractivity contribution in [2.24, 2.45) is 0 Å². The van der Waals surface area contributed by atoms with Crippen molar-refractivity contribution in [1.29, 1.82) is 0 Å². The fraction of sp³-hybridized carbons (Fsp3) is 0.278. The molecule has 2 amide bonds. The molecule has 1 atom stereocenters. The second-order valence-electron chi connectivity index (χ2n) is 5.98. The summed E-state index contributed by atoms with van der Waals surface area (Å²) in [5.74, 6) is -1.88. The van der Waals surface area contributed by atoms with Crippen molar-refractivity contribution < 1.29 is 22.8 Å². The van der Waals surface area contributed by atoms with Crippen molar-refractivity contribution in [1.82, 2.24) is 15.2 Å². The van der Waals surface area contributed by atoms with E-state index in [1.807, 2.05) is 49.3 Å². The topological polar surface area (TPSA) is 74.3 Å². The number of anilines is 1. The summed E-state index contributed by atoms with van der Waals surface area (Å²) in [5.41, 5.74) is -0.118. The van der Waals surface area contributed by atoms with Crippen LogP contribution in [0.4, 0.5) is 18.9 Å². The van der Waals surface area contributed by atoms with Crippen molar-refractivity contribution >= 4 is 17.5 Å². The largest absolute Gasteiger partial charge is 0.433 e. The Kier molecular flexibility index (Phi) is 6.51. The molecule has 1 heterocycles. The van der Waals surface area contributed by atoms with Crippen LogP contribution in [-0.2, 0) is 15.8 Å². The Morgan fingerprint density at radius 1 is 1.07 bits per heavy atom. The average molecular weight is 380 g/mol. The Morgan fingerprint density at radius 3 is 2.26 bits per heavy atom. The lowest BCUT2D eigenvalue weighted by Gasteiger charge is -2.25. The number of pyridine rings is 1. The van der Waals surface area contributed by atoms with E-state index in [1.54, 1.807) is 0 Å². The molecule has 0 saturated heterocycles. The summed E-state index contributed by atoms with van der Waals surface area (Å²) < 4.78 is 37.4. The highest BCUT2D eigenvalue weighted by atomic mass is 19.4. The van der Waals surface area contributed by atoms with Crippen molar-refractivity contribution in [3.63, 3.8) is 0 Å². The van der Waals surface area contributed by atoms with Gasteiger partial charge in [0.25, 0.3) is 0 Å². The molecule has 1 aromatic heterocycles. The first-order chi connectivity index (χ1) is 12.7. The number of nitrogens with zero attached hydrogens (tertiary/aromatic N) is 2. The van der Waals surface area contributed by atoms with E-state index in [-0.39, 0.29) is 18.3 Å². The first-order valence-corrected chi connectivity index (χ1v) is 8.02. The molecule has 2 N–H and O–H groups in total. The summed E-state index contributed by atoms with van der Waals surface area (Å²) in [6.07, 6.45) is -3.72. The quantitative estimate of drug-likeness (QED) is 0.782. The lowest BCUT2D eigenvalue weighted by molar-refractivity contribution is -0.141. The van der Waals surface area contributed by atoms with E-state index in [2.05, 4.69) is 15.6 Å². The smallest absolute Gasteiger partial charge is 0.346 e. The van der Waals surface area contributed by atoms with Gasteiger partial charge in [-0.05, 0) is 31.8 Å². The van der Waals surface area contributed by atoms with E-state index in [0.29, 0.717) is 0 Å². The molecular formula is C18H19F3N4O2. The van der Waals surface area contributed by atoms with Crippen LogP contribution >= 0.6 is 0 Å². The molecule has 1 unspecified atom stereocenters. The van der Waals surface area contributed by atoms with E-state index in [4.69, 9.17) is 0 Å². The number of rotatable bonds is 5. The van der Waals surface area contributed by atoms with Gasteiger partial charge in [0.15, 0.2) is 0 Å². The van der Waals surface area contributed by atoms with Gasteiger partial charge >= 0.3 is 18.0 Å². The number of amides is 2. The first-order valence-electron chi connectivity index (χ1n) is 8.02. The molecule has 0 saturated carbocycles. The number of benzene rings is 1. The lowest BCUT2D eigenvalue weighted by Crippen LogP contribution is -2.40. The molecule has 27 heavy (non-hydrogen) atoms. The molecular weight excluding hydrogens is 361 g/mol. The van der Waals surface area contributed by atoms with Crippen LogP contribution in [0, 0.1) is 0 Å². The second kappa shape index (κ2) is 8.63. The summed E-state index contributed by atoms with van der Waals surface area (Å²) >= 11 is 0. The van der Waals surface area contributed by atoms with Gasteiger partial charge in [-0.1, -0.05) is 30.3 Å². The predicted molar refractivity (Wildman–Crippen MR) is 93.7 cm³/mol. The summed E-state index contributed by atoms with van der Waals surface area (Å²) in [7, 11) is 3.69. The maximum absolute atomic E-state index is 12.5. The standard InChI is InChI=1S/C18H19F3N4O2/c1-25(2)14(12-6-4-3-5-7-12)11-23-16(26)17(27)24-13-8-9-15(22-10-13)18(19,20)21/h3-10,14H,11H2,1-2H3,(H,23,26)(H,24,27). The number of alkyl halides is 3. The summed E-state index contributed by atoms with van der Waals surface area (Å²) in [6, 6.07) is 11.1. The van der Waals surface area contributed by atoms with Crippen LogP contribution in [0.3, 0.4) is 0 Å². The van der Waals surface area contributed by atoms with Crippen LogP contribution in [0.2, 0.25) is 0 Å². The zero-order valence-electron chi connectivity index (χ0n) is 14.7. The van der Waals surface area contributed by atoms with Gasteiger partial charge in [-0.2, -0.15) is 13.2 Å². The molecule has 2 rings (SSSR count). The van der Waals surface area contributed by atoms with Gasteiger partial charge in [-0.3, -0.25) is 9.59 Å². The molecule has 0 aliphatic rings. The molecule has 1 aromatic carbocycles. The SMILES string of the molecule is CN(C)C(CNC(=O)C(=O)Nc1ccc(C(F)(F)F)nc1)c1ccccc1. The normalized spacial score (nSPS) is 12.5. The van der Waals surface area contributed by atoms with Crippen LogP contribution in [-0.4, -0.2) is 42.3 Å². The minimum atomic E-state index is -4.57. The Morgan fingerprint density at radius 2 is 1.74 bits per heavy atom. The molecule has 6 nitrogen and oxygen atoms in total. The monoisotopic (exact) mass is 380 g/mol. The maximum Gasteiger partial charge on any atom is 0.433 e. The molecule has 0 aliphatic carbocycles. The zero-order chi connectivity index (χ0) is 20.0. The second-order valence-corrected chi connectivity index (χ2v) is 5.98. The lowest BCUT2D eigenvalue weighted by atomic mass is 10.1. The molecule has 0 fully saturated rings. The molecule has 0 radical (unpaired) electrons. The van der Waals surface area contributed by atoms with Crippen LogP contribution in [0.25, 0.3) is 0 Å². The van der Waals surface area contributed by atoms with Crippen molar-refractivity contribution in [2.45, 2.75) is 12.2 Å². The number of halogens is 3. The molecule has 0 spiro atoms. The van der Waals surface area contributed by atoms with Gasteiger partial charge in [-0.25, -0.2) is 4.98 Å². The number of hydrogen-bond donors (Lipinski definition) is 2. The van der Waals surface area contributed by atoms with Crippen LogP contribution in [0.5, 0.6) is 0 Å². The molecule has 0 bridgehead atoms. The highest BCUT2D eigenvalue weighted by Crippen LogP contribution is 2.27. The van der Waals surface area contributed by atoms with Crippen LogP contribution in [0.1, 0.15) is 17.3 Å². The van der Waals surface area contributed by atoms with Gasteiger partial charge in [0.1, 0.15) is 5.69 Å². The van der Waals surface area contributed by atoms with Crippen molar-refractivity contribution in [3.05, 3.63) is 59.9 Å². The molecule has 0 aliphatic heterocycles. The van der Waals surface area contributed by atoms with E-state index < -0.39 is 23.7 Å². The number of carbonyl (C=O) groups excluding carboxylic acids is 2. The third kappa shape index (κ3) is 5.78. The Hall–Kier alpha value is -2.94. The molecule has 2 aromatic rings. The first kappa shape index (κ1) is 20.4. The number of likely N-dealkylation sites (N-methyl/N-ethyl adjacent to an activating group) is 1. The van der Waals surface area contributed by atoms with Crippen molar-refractivity contribution in [2.75, 3.05) is 26.0 Å². The van der Waals surface area contributed by atoms with Crippen LogP contribution in [0.15, 0.2) is 48.7 Å². The third-order valence-electron chi connectivity index (χ3n) is 3.78. The fourth-order valence-corrected chi connectivity index (χ4v) is 2.37. The third-order valence-corrected chi connectivity index (χ3v) is 3.78. The average Bonchev–Trinajstić information content (AvgIpc) is 2.62. The zero-order valence-corrected chi connectivity index (χ0v) is 14.7. The van der Waals surface area contributed by atoms with E-state index in [1.165, 1.54) is 0 Å². The minimum absolute atomic E-state index is 0.00429. The maximum atomic E-state index is 12.5. The highest BCUT2D eigenvalue weighted by Gasteiger charge is 2.32. The molecule has 144 valence electrons. The Bertz CT molecular complexity index is 777. The van der Waals surface area contributed by atoms with Gasteiger partial charge in [-0.15, -0.1) is 0 Å². The molecule has 9 heteroatoms. The highest BCUT2D eigenvalue weighted by molar-refractivity contribution is 6.39. The van der Waals surface area contributed by atoms with Crippen molar-refractivity contribution in [3.8, 4) is 0 Å². The van der Waals surface area contributed by atoms with Gasteiger partial charge < -0.3 is 15.5 Å². The number of hydrogen-bond acceptors (Lipinski definition) is 4. The minimum Gasteiger partial charge on any atom is -0.346 e. The summed E-state index contributed by atoms with van der Waals surface area (Å²) in [5, 5.41) is 4.74. The van der Waals surface area contributed by atoms with E-state index in [9.17, 15) is 22.8 Å². The number of carbonyl (C=O) groups is 2. The van der Waals surface area contributed by atoms with Gasteiger partial charge in [0.2, 0.25) is 0 Å². The number of nitrogens with one attached hydrogen (secondary N) is 2. The Balaban J connectivity index is 1.94.